The summed E-state index contributed by atoms with van der Waals surface area (Å²) < 4.78 is 4.79. The van der Waals surface area contributed by atoms with Crippen molar-refractivity contribution in [1.29, 1.82) is 0 Å². The average molecular weight is 196 g/mol. The minimum absolute atomic E-state index is 0.765. The number of rotatable bonds is 1. The maximum atomic E-state index is 4.79. The van der Waals surface area contributed by atoms with Crippen LogP contribution in [-0.2, 0) is 0 Å². The van der Waals surface area contributed by atoms with Crippen molar-refractivity contribution in [3.8, 4) is 11.4 Å². The van der Waals surface area contributed by atoms with E-state index in [1.165, 1.54) is 0 Å². The van der Waals surface area contributed by atoms with Crippen molar-refractivity contribution in [3.63, 3.8) is 0 Å². The van der Waals surface area contributed by atoms with Crippen molar-refractivity contribution < 1.29 is 4.52 Å². The molecule has 0 atom stereocenters. The fourth-order valence-corrected chi connectivity index (χ4v) is 1.57. The van der Waals surface area contributed by atoms with E-state index in [9.17, 15) is 0 Å². The van der Waals surface area contributed by atoms with Gasteiger partial charge >= 0.3 is 0 Å². The molecule has 0 unspecified atom stereocenters. The van der Waals surface area contributed by atoms with Gasteiger partial charge in [0.15, 0.2) is 0 Å². The monoisotopic (exact) mass is 196 g/mol. The highest BCUT2D eigenvalue weighted by atomic mass is 16.5. The summed E-state index contributed by atoms with van der Waals surface area (Å²) in [4.78, 5) is 4.33. The molecule has 0 saturated heterocycles. The zero-order valence-electron chi connectivity index (χ0n) is 7.92. The third-order valence-corrected chi connectivity index (χ3v) is 2.33. The van der Waals surface area contributed by atoms with Crippen LogP contribution >= 0.6 is 0 Å². The van der Waals surface area contributed by atoms with Crippen molar-refractivity contribution in [1.82, 2.24) is 10.1 Å². The lowest BCUT2D eigenvalue weighted by molar-refractivity contribution is 0.422. The van der Waals surface area contributed by atoms with Crippen LogP contribution in [0, 0.1) is 0 Å². The molecule has 2 aromatic heterocycles. The normalized spacial score (nSPS) is 10.7. The Labute approximate surface area is 86.4 Å². The van der Waals surface area contributed by atoms with E-state index in [4.69, 9.17) is 4.52 Å². The molecule has 0 fully saturated rings. The second-order valence-electron chi connectivity index (χ2n) is 3.30. The first-order valence-corrected chi connectivity index (χ1v) is 4.69. The maximum absolute atomic E-state index is 4.79. The highest BCUT2D eigenvalue weighted by Crippen LogP contribution is 2.19. The Kier molecular flexibility index (Phi) is 1.75. The molecule has 3 heteroatoms. The second-order valence-corrected chi connectivity index (χ2v) is 3.30. The van der Waals surface area contributed by atoms with Gasteiger partial charge in [0.1, 0.15) is 12.0 Å². The zero-order chi connectivity index (χ0) is 10.1. The number of pyridine rings is 1. The van der Waals surface area contributed by atoms with E-state index in [0.717, 1.165) is 22.2 Å². The van der Waals surface area contributed by atoms with Gasteiger partial charge in [-0.1, -0.05) is 29.4 Å². The van der Waals surface area contributed by atoms with E-state index in [1.54, 1.807) is 12.3 Å². The van der Waals surface area contributed by atoms with Crippen LogP contribution in [0.4, 0.5) is 0 Å². The minimum atomic E-state index is 0.765. The molecule has 3 aromatic rings. The van der Waals surface area contributed by atoms with E-state index in [2.05, 4.69) is 16.2 Å². The summed E-state index contributed by atoms with van der Waals surface area (Å²) in [6, 6.07) is 11.9. The van der Waals surface area contributed by atoms with Gasteiger partial charge in [0.2, 0.25) is 0 Å². The maximum Gasteiger partial charge on any atom is 0.132 e. The molecule has 1 aromatic carbocycles. The van der Waals surface area contributed by atoms with Crippen molar-refractivity contribution in [2.45, 2.75) is 0 Å². The molecule has 0 aliphatic heterocycles. The number of hydrogen-bond donors (Lipinski definition) is 0. The number of hydrogen-bond acceptors (Lipinski definition) is 3. The Morgan fingerprint density at radius 2 is 1.80 bits per heavy atom. The predicted octanol–water partition coefficient (Wildman–Crippen LogP) is 2.89. The molecule has 0 N–H and O–H groups in total. The van der Waals surface area contributed by atoms with E-state index in [-0.39, 0.29) is 0 Å². The SMILES string of the molecule is c1ccc2cc(-c3ccon3)ncc2c1. The lowest BCUT2D eigenvalue weighted by Gasteiger charge is -1.98. The summed E-state index contributed by atoms with van der Waals surface area (Å²) in [6.07, 6.45) is 3.39. The fraction of sp³-hybridized carbons (Fsp3) is 0. The molecule has 0 amide bonds. The van der Waals surface area contributed by atoms with Crippen molar-refractivity contribution in [2.75, 3.05) is 0 Å². The first kappa shape index (κ1) is 8.17. The van der Waals surface area contributed by atoms with Crippen molar-refractivity contribution in [2.24, 2.45) is 0 Å². The predicted molar refractivity (Wildman–Crippen MR) is 57.2 cm³/mol. The molecule has 3 rings (SSSR count). The molecule has 15 heavy (non-hydrogen) atoms. The minimum Gasteiger partial charge on any atom is -0.364 e. The van der Waals surface area contributed by atoms with Gasteiger partial charge in [-0.2, -0.15) is 0 Å². The van der Waals surface area contributed by atoms with Crippen LogP contribution in [0.15, 0.2) is 53.4 Å². The Morgan fingerprint density at radius 3 is 2.60 bits per heavy atom. The fourth-order valence-electron chi connectivity index (χ4n) is 1.57. The molecule has 0 aliphatic rings. The molecular formula is C12H8N2O. The van der Waals surface area contributed by atoms with Crippen LogP contribution < -0.4 is 0 Å². The standard InChI is InChI=1S/C12H8N2O/c1-2-4-10-8-13-12(7-9(10)3-1)11-5-6-15-14-11/h1-8H. The third-order valence-electron chi connectivity index (χ3n) is 2.33. The Hall–Kier alpha value is -2.16. The average Bonchev–Trinajstić information content (AvgIpc) is 2.82. The number of fused-ring (bicyclic) bond motifs is 1. The van der Waals surface area contributed by atoms with Crippen LogP contribution in [0.25, 0.3) is 22.2 Å². The summed E-state index contributed by atoms with van der Waals surface area (Å²) in [5, 5.41) is 6.14. The Bertz CT molecular complexity index is 587. The topological polar surface area (TPSA) is 38.9 Å². The summed E-state index contributed by atoms with van der Waals surface area (Å²) in [7, 11) is 0. The quantitative estimate of drug-likeness (QED) is 0.600. The van der Waals surface area contributed by atoms with Crippen LogP contribution in [-0.4, -0.2) is 10.1 Å². The summed E-state index contributed by atoms with van der Waals surface area (Å²) >= 11 is 0. The lowest BCUT2D eigenvalue weighted by atomic mass is 10.1. The zero-order valence-corrected chi connectivity index (χ0v) is 7.92. The molecule has 0 spiro atoms. The van der Waals surface area contributed by atoms with Crippen LogP contribution in [0.1, 0.15) is 0 Å². The highest BCUT2D eigenvalue weighted by Gasteiger charge is 2.03. The number of aromatic nitrogens is 2. The van der Waals surface area contributed by atoms with Gasteiger partial charge in [0, 0.05) is 17.6 Å². The Balaban J connectivity index is 2.22. The molecule has 0 aliphatic carbocycles. The first-order valence-electron chi connectivity index (χ1n) is 4.69. The lowest BCUT2D eigenvalue weighted by Crippen LogP contribution is -1.83. The van der Waals surface area contributed by atoms with Gasteiger partial charge in [-0.15, -0.1) is 0 Å². The largest absolute Gasteiger partial charge is 0.364 e. The molecule has 0 saturated carbocycles. The van der Waals surface area contributed by atoms with E-state index >= 15 is 0 Å². The third kappa shape index (κ3) is 1.38. The molecular weight excluding hydrogens is 188 g/mol. The van der Waals surface area contributed by atoms with Crippen molar-refractivity contribution >= 4 is 10.8 Å². The highest BCUT2D eigenvalue weighted by molar-refractivity contribution is 5.84. The molecule has 3 nitrogen and oxygen atoms in total. The van der Waals surface area contributed by atoms with Crippen LogP contribution in [0.2, 0.25) is 0 Å². The second kappa shape index (κ2) is 3.20. The van der Waals surface area contributed by atoms with Gasteiger partial charge in [0.05, 0.1) is 5.69 Å². The Morgan fingerprint density at radius 1 is 0.933 bits per heavy atom. The van der Waals surface area contributed by atoms with E-state index in [1.807, 2.05) is 30.5 Å². The van der Waals surface area contributed by atoms with Crippen LogP contribution in [0.5, 0.6) is 0 Å². The van der Waals surface area contributed by atoms with Crippen molar-refractivity contribution in [3.05, 3.63) is 48.9 Å². The molecule has 0 bridgehead atoms. The van der Waals surface area contributed by atoms with Crippen LogP contribution in [0.3, 0.4) is 0 Å². The molecule has 0 radical (unpaired) electrons. The summed E-state index contributed by atoms with van der Waals surface area (Å²) in [5.74, 6) is 0. The molecule has 72 valence electrons. The number of nitrogens with zero attached hydrogens (tertiary/aromatic N) is 2. The summed E-state index contributed by atoms with van der Waals surface area (Å²) in [5.41, 5.74) is 1.60. The van der Waals surface area contributed by atoms with Gasteiger partial charge < -0.3 is 4.52 Å². The first-order chi connectivity index (χ1) is 7.43. The van der Waals surface area contributed by atoms with Gasteiger partial charge in [-0.05, 0) is 11.5 Å². The van der Waals surface area contributed by atoms with Gasteiger partial charge in [-0.3, -0.25) is 4.98 Å². The van der Waals surface area contributed by atoms with Gasteiger partial charge in [-0.25, -0.2) is 0 Å². The summed E-state index contributed by atoms with van der Waals surface area (Å²) in [6.45, 7) is 0. The number of benzene rings is 1. The van der Waals surface area contributed by atoms with Gasteiger partial charge in [0.25, 0.3) is 0 Å². The smallest absolute Gasteiger partial charge is 0.132 e. The van der Waals surface area contributed by atoms with E-state index in [0.29, 0.717) is 0 Å². The molecule has 2 heterocycles. The van der Waals surface area contributed by atoms with E-state index < -0.39 is 0 Å².